The first-order chi connectivity index (χ1) is 29.2. The van der Waals surface area contributed by atoms with Crippen molar-refractivity contribution in [2.45, 2.75) is 120 Å². The van der Waals surface area contributed by atoms with Crippen LogP contribution in [0.15, 0.2) is 0 Å². The standard InChI is InChI=1S/C36H64N10O13S3/c1-17(2)12-23-32(54)40-21(8-6-7-10-37)30(52)39-18(3)28(50)45-26(36(58)59)16-62-61-15-20(38)29(51)43-25(14-48)34(56)46-27(19(4)49)35(57)44-24(13-47)33(55)41-22(9-11-60-5)31(53)42-23/h17-27,47-49H,6-16,37-38H2,1-5H3,(H,39,52)(H,40,54)(H,41,55)(H,42,53)(H,43,51)(H,44,57)(H,45,50)(H,46,56)(H,58,59)/t18-,19+,20-,21-,22-,23?,24-,25-,26?,27?/m0/s1. The average molecular weight is 941 g/mol. The molecular weight excluding hydrogens is 877 g/mol. The Morgan fingerprint density at radius 1 is 0.677 bits per heavy atom. The fourth-order valence-corrected chi connectivity index (χ4v) is 8.29. The minimum Gasteiger partial charge on any atom is -0.480 e. The Balaban J connectivity index is 3.64. The average Bonchev–Trinajstić information content (AvgIpc) is 3.21. The second-order valence-corrected chi connectivity index (χ2v) is 18.4. The monoisotopic (exact) mass is 940 g/mol. The molecule has 0 spiro atoms. The van der Waals surface area contributed by atoms with Gasteiger partial charge >= 0.3 is 5.97 Å². The summed E-state index contributed by atoms with van der Waals surface area (Å²) in [5, 5.41) is 59.4. The molecule has 10 atom stereocenters. The van der Waals surface area contributed by atoms with E-state index in [1.54, 1.807) is 20.1 Å². The van der Waals surface area contributed by atoms with Crippen LogP contribution in [0.1, 0.15) is 59.8 Å². The van der Waals surface area contributed by atoms with Crippen molar-refractivity contribution in [3.8, 4) is 0 Å². The maximum Gasteiger partial charge on any atom is 0.327 e. The maximum absolute atomic E-state index is 13.8. The van der Waals surface area contributed by atoms with Crippen LogP contribution in [0.25, 0.3) is 0 Å². The molecule has 0 saturated carbocycles. The van der Waals surface area contributed by atoms with Crippen molar-refractivity contribution in [3.05, 3.63) is 0 Å². The third-order valence-electron chi connectivity index (χ3n) is 9.13. The third-order valence-corrected chi connectivity index (χ3v) is 12.2. The number of carbonyl (C=O) groups excluding carboxylic acids is 8. The lowest BCUT2D eigenvalue weighted by Gasteiger charge is -2.28. The van der Waals surface area contributed by atoms with Crippen molar-refractivity contribution in [3.63, 3.8) is 0 Å². The third kappa shape index (κ3) is 20.1. The van der Waals surface area contributed by atoms with Crippen molar-refractivity contribution >= 4 is 86.6 Å². The highest BCUT2D eigenvalue weighted by Crippen LogP contribution is 2.23. The van der Waals surface area contributed by atoms with Gasteiger partial charge in [0.15, 0.2) is 0 Å². The van der Waals surface area contributed by atoms with E-state index in [-0.39, 0.29) is 43.2 Å². The predicted molar refractivity (Wildman–Crippen MR) is 233 cm³/mol. The number of nitrogens with one attached hydrogen (secondary N) is 8. The Morgan fingerprint density at radius 2 is 1.16 bits per heavy atom. The molecule has 1 aliphatic rings. The lowest BCUT2D eigenvalue weighted by molar-refractivity contribution is -0.141. The number of aliphatic hydroxyl groups excluding tert-OH is 3. The lowest BCUT2D eigenvalue weighted by atomic mass is 10.0. The fourth-order valence-electron chi connectivity index (χ4n) is 5.54. The summed E-state index contributed by atoms with van der Waals surface area (Å²) in [4.78, 5) is 119. The molecule has 1 fully saturated rings. The topological polar surface area (TPSA) is 383 Å². The first-order valence-electron chi connectivity index (χ1n) is 20.0. The van der Waals surface area contributed by atoms with E-state index in [1.807, 2.05) is 0 Å². The smallest absolute Gasteiger partial charge is 0.327 e. The van der Waals surface area contributed by atoms with Crippen LogP contribution in [0.2, 0.25) is 0 Å². The molecular formula is C36H64N10O13S3. The number of carboxylic acids is 1. The van der Waals surface area contributed by atoms with Crippen LogP contribution in [0, 0.1) is 5.92 Å². The number of carbonyl (C=O) groups is 9. The van der Waals surface area contributed by atoms with Crippen molar-refractivity contribution in [2.24, 2.45) is 17.4 Å². The molecule has 0 bridgehead atoms. The predicted octanol–water partition coefficient (Wildman–Crippen LogP) is -5.01. The number of rotatable bonds is 13. The van der Waals surface area contributed by atoms with Gasteiger partial charge in [0.05, 0.1) is 25.4 Å². The number of hydrogen-bond donors (Lipinski definition) is 14. The minimum absolute atomic E-state index is 0.0231. The quantitative estimate of drug-likeness (QED) is 0.0607. The van der Waals surface area contributed by atoms with Gasteiger partial charge in [0.25, 0.3) is 0 Å². The molecule has 0 radical (unpaired) electrons. The summed E-state index contributed by atoms with van der Waals surface area (Å²) in [5.41, 5.74) is 11.6. The second-order valence-electron chi connectivity index (χ2n) is 14.9. The molecule has 16 N–H and O–H groups in total. The van der Waals surface area contributed by atoms with E-state index in [2.05, 4.69) is 42.5 Å². The molecule has 1 aliphatic heterocycles. The Bertz CT molecular complexity index is 1530. The Kier molecular flexibility index (Phi) is 26.6. The lowest BCUT2D eigenvalue weighted by Crippen LogP contribution is -2.62. The molecule has 0 aliphatic carbocycles. The highest BCUT2D eigenvalue weighted by Gasteiger charge is 2.35. The van der Waals surface area contributed by atoms with Crippen LogP contribution in [0.5, 0.6) is 0 Å². The summed E-state index contributed by atoms with van der Waals surface area (Å²) in [5.74, 6) is -9.08. The molecule has 26 heteroatoms. The minimum atomic E-state index is -1.79. The Morgan fingerprint density at radius 3 is 1.69 bits per heavy atom. The number of hydrogen-bond acceptors (Lipinski definition) is 17. The van der Waals surface area contributed by atoms with E-state index in [4.69, 9.17) is 11.5 Å². The van der Waals surface area contributed by atoms with Gasteiger partial charge in [-0.3, -0.25) is 38.4 Å². The van der Waals surface area contributed by atoms with E-state index in [0.29, 0.717) is 18.6 Å². The molecule has 1 heterocycles. The summed E-state index contributed by atoms with van der Waals surface area (Å²) in [6.45, 7) is 4.32. The summed E-state index contributed by atoms with van der Waals surface area (Å²) in [7, 11) is 1.90. The van der Waals surface area contributed by atoms with Crippen LogP contribution in [-0.4, -0.2) is 177 Å². The maximum atomic E-state index is 13.8. The molecule has 1 saturated heterocycles. The van der Waals surface area contributed by atoms with Gasteiger partial charge in [0.1, 0.15) is 48.3 Å². The summed E-state index contributed by atoms with van der Waals surface area (Å²) in [6, 6.07) is -13.0. The highest BCUT2D eigenvalue weighted by molar-refractivity contribution is 8.76. The number of aliphatic carboxylic acids is 1. The Hall–Kier alpha value is -3.92. The number of thioether (sulfide) groups is 1. The highest BCUT2D eigenvalue weighted by atomic mass is 33.1. The van der Waals surface area contributed by atoms with Crippen molar-refractivity contribution in [1.82, 2.24) is 42.5 Å². The molecule has 0 aromatic rings. The molecule has 8 amide bonds. The molecule has 354 valence electrons. The molecule has 23 nitrogen and oxygen atoms in total. The van der Waals surface area contributed by atoms with Crippen molar-refractivity contribution < 1.29 is 63.6 Å². The van der Waals surface area contributed by atoms with Gasteiger partial charge in [-0.05, 0) is 70.4 Å². The zero-order chi connectivity index (χ0) is 47.1. The fraction of sp³-hybridized carbons (Fsp3) is 0.750. The zero-order valence-electron chi connectivity index (χ0n) is 35.5. The van der Waals surface area contributed by atoms with Crippen LogP contribution < -0.4 is 54.0 Å². The molecule has 0 aromatic heterocycles. The molecule has 0 aromatic carbocycles. The van der Waals surface area contributed by atoms with Crippen LogP contribution in [-0.2, 0) is 43.2 Å². The SMILES string of the molecule is CSCC[C@@H]1NC(=O)[C@H](CO)NC(=O)C([C@@H](C)O)NC(=O)[C@H](CO)NC(=O)[C@@H](N)CSSCC(C(=O)O)NC(=O)[C@H](C)NC(=O)[C@H](CCCCN)NC(=O)C(CC(C)C)NC1=O. The van der Waals surface area contributed by atoms with Gasteiger partial charge in [0.2, 0.25) is 47.3 Å². The molecule has 62 heavy (non-hydrogen) atoms. The number of aliphatic hydroxyl groups is 3. The van der Waals surface area contributed by atoms with Gasteiger partial charge in [-0.1, -0.05) is 35.4 Å². The number of unbranched alkanes of at least 4 members (excludes halogenated alkanes) is 1. The van der Waals surface area contributed by atoms with Crippen molar-refractivity contribution in [2.75, 3.05) is 43.3 Å². The van der Waals surface area contributed by atoms with Gasteiger partial charge in [0, 0.05) is 11.5 Å². The van der Waals surface area contributed by atoms with Gasteiger partial charge < -0.3 is 74.4 Å². The van der Waals surface area contributed by atoms with Gasteiger partial charge in [-0.15, -0.1) is 0 Å². The van der Waals surface area contributed by atoms with E-state index in [1.165, 1.54) is 18.7 Å². The number of carboxylic acid groups (broad SMARTS) is 1. The normalized spacial score (nSPS) is 28.3. The van der Waals surface area contributed by atoms with E-state index in [9.17, 15) is 63.6 Å². The van der Waals surface area contributed by atoms with E-state index in [0.717, 1.165) is 28.5 Å². The largest absolute Gasteiger partial charge is 0.480 e. The molecule has 1 rings (SSSR count). The van der Waals surface area contributed by atoms with Crippen LogP contribution in [0.3, 0.4) is 0 Å². The zero-order valence-corrected chi connectivity index (χ0v) is 37.9. The number of nitrogens with two attached hydrogens (primary N) is 2. The van der Waals surface area contributed by atoms with Crippen LogP contribution >= 0.6 is 33.3 Å². The first kappa shape index (κ1) is 56.1. The summed E-state index contributed by atoms with van der Waals surface area (Å²) in [6.07, 6.45) is 1.18. The first-order valence-corrected chi connectivity index (χ1v) is 23.8. The summed E-state index contributed by atoms with van der Waals surface area (Å²) < 4.78 is 0. The Labute approximate surface area is 372 Å². The summed E-state index contributed by atoms with van der Waals surface area (Å²) >= 11 is 1.33. The number of amides is 8. The van der Waals surface area contributed by atoms with Gasteiger partial charge in [-0.25, -0.2) is 4.79 Å². The second kappa shape index (κ2) is 29.4. The van der Waals surface area contributed by atoms with Crippen LogP contribution in [0.4, 0.5) is 0 Å². The van der Waals surface area contributed by atoms with Crippen molar-refractivity contribution in [1.29, 1.82) is 0 Å². The molecule has 3 unspecified atom stereocenters. The van der Waals surface area contributed by atoms with Gasteiger partial charge in [-0.2, -0.15) is 11.8 Å². The van der Waals surface area contributed by atoms with E-state index >= 15 is 0 Å². The van der Waals surface area contributed by atoms with E-state index < -0.39 is 127 Å².